The van der Waals surface area contributed by atoms with Crippen molar-refractivity contribution in [2.75, 3.05) is 39.8 Å². The summed E-state index contributed by atoms with van der Waals surface area (Å²) in [5.41, 5.74) is 1.18. The van der Waals surface area contributed by atoms with E-state index in [-0.39, 0.29) is 11.8 Å². The van der Waals surface area contributed by atoms with Crippen LogP contribution < -0.4 is 5.32 Å². The summed E-state index contributed by atoms with van der Waals surface area (Å²) in [6, 6.07) is 0. The number of likely N-dealkylation sites (tertiary alicyclic amines) is 2. The highest BCUT2D eigenvalue weighted by atomic mass is 16.2. The molecule has 2 saturated heterocycles. The van der Waals surface area contributed by atoms with Crippen LogP contribution in [0.1, 0.15) is 23.2 Å². The third-order valence-corrected chi connectivity index (χ3v) is 5.27. The highest BCUT2D eigenvalue weighted by Gasteiger charge is 2.31. The number of aromatic nitrogens is 3. The second-order valence-corrected chi connectivity index (χ2v) is 7.30. The van der Waals surface area contributed by atoms with Gasteiger partial charge in [0.25, 0.3) is 5.91 Å². The summed E-state index contributed by atoms with van der Waals surface area (Å²) in [4.78, 5) is 33.1. The van der Waals surface area contributed by atoms with Crippen molar-refractivity contribution >= 4 is 17.5 Å². The quantitative estimate of drug-likeness (QED) is 0.811. The number of hydrogen-bond acceptors (Lipinski definition) is 4. The maximum Gasteiger partial charge on any atom is 0.256 e. The second kappa shape index (κ2) is 6.51. The first-order chi connectivity index (χ1) is 12.1. The number of imidazole rings is 1. The summed E-state index contributed by atoms with van der Waals surface area (Å²) in [7, 11) is 2.08. The molecule has 2 N–H and O–H groups in total. The number of aromatic amines is 1. The number of amides is 2. The first-order valence-corrected chi connectivity index (χ1v) is 8.85. The van der Waals surface area contributed by atoms with Crippen LogP contribution in [-0.4, -0.2) is 76.0 Å². The van der Waals surface area contributed by atoms with Gasteiger partial charge in [-0.2, -0.15) is 0 Å². The minimum absolute atomic E-state index is 0.125. The standard InChI is InChI=1S/C17H24N6O2/c1-21-9-13(10-21)6-15(24)22-4-2-12(11-22)7-19-17(25)14-8-20-23-5-3-18-16(14)23/h3,5,8,12-13,20H,2,4,6-7,9-11H2,1H3,(H,19,25)/t12-/m1/s1. The lowest BCUT2D eigenvalue weighted by Crippen LogP contribution is -2.46. The van der Waals surface area contributed by atoms with Crippen LogP contribution in [0.15, 0.2) is 18.6 Å². The molecule has 0 unspecified atom stereocenters. The smallest absolute Gasteiger partial charge is 0.256 e. The first-order valence-electron chi connectivity index (χ1n) is 8.85. The van der Waals surface area contributed by atoms with Gasteiger partial charge in [-0.3, -0.25) is 14.7 Å². The zero-order valence-electron chi connectivity index (χ0n) is 14.4. The fourth-order valence-electron chi connectivity index (χ4n) is 3.86. The van der Waals surface area contributed by atoms with Crippen molar-refractivity contribution in [3.8, 4) is 0 Å². The molecule has 134 valence electrons. The van der Waals surface area contributed by atoms with E-state index < -0.39 is 0 Å². The van der Waals surface area contributed by atoms with Crippen molar-refractivity contribution in [2.45, 2.75) is 12.8 Å². The Bertz CT molecular complexity index is 775. The SMILES string of the molecule is CN1CC(CC(=O)N2CC[C@H](CNC(=O)c3c[nH]n4ccnc34)C2)C1. The number of carbonyl (C=O) groups is 2. The number of carbonyl (C=O) groups excluding carboxylic acids is 2. The van der Waals surface area contributed by atoms with E-state index in [2.05, 4.69) is 27.3 Å². The summed E-state index contributed by atoms with van der Waals surface area (Å²) in [6.45, 7) is 4.19. The lowest BCUT2D eigenvalue weighted by molar-refractivity contribution is -0.132. The summed E-state index contributed by atoms with van der Waals surface area (Å²) >= 11 is 0. The molecule has 8 nitrogen and oxygen atoms in total. The Morgan fingerprint density at radius 3 is 2.96 bits per heavy atom. The molecule has 0 aliphatic carbocycles. The van der Waals surface area contributed by atoms with Crippen LogP contribution in [-0.2, 0) is 4.79 Å². The molecule has 0 aromatic carbocycles. The zero-order chi connectivity index (χ0) is 17.4. The molecule has 4 heterocycles. The van der Waals surface area contributed by atoms with Crippen LogP contribution >= 0.6 is 0 Å². The normalized spacial score (nSPS) is 21.6. The zero-order valence-corrected chi connectivity index (χ0v) is 14.4. The average Bonchev–Trinajstić information content (AvgIpc) is 3.27. The van der Waals surface area contributed by atoms with Gasteiger partial charge in [0.05, 0.1) is 0 Å². The Labute approximate surface area is 146 Å². The molecular weight excluding hydrogens is 320 g/mol. The molecule has 0 spiro atoms. The van der Waals surface area contributed by atoms with Crippen molar-refractivity contribution in [3.63, 3.8) is 0 Å². The second-order valence-electron chi connectivity index (χ2n) is 7.30. The molecule has 2 aliphatic heterocycles. The Balaban J connectivity index is 1.25. The number of nitrogens with one attached hydrogen (secondary N) is 2. The van der Waals surface area contributed by atoms with Crippen LogP contribution in [0.4, 0.5) is 0 Å². The monoisotopic (exact) mass is 344 g/mol. The number of H-pyrrole nitrogens is 1. The largest absolute Gasteiger partial charge is 0.352 e. The Morgan fingerprint density at radius 2 is 2.16 bits per heavy atom. The molecule has 1 atom stereocenters. The molecule has 2 amide bonds. The van der Waals surface area contributed by atoms with Crippen molar-refractivity contribution in [1.82, 2.24) is 29.7 Å². The van der Waals surface area contributed by atoms with Gasteiger partial charge in [0, 0.05) is 57.7 Å². The van der Waals surface area contributed by atoms with Crippen LogP contribution in [0.2, 0.25) is 0 Å². The molecule has 25 heavy (non-hydrogen) atoms. The van der Waals surface area contributed by atoms with E-state index >= 15 is 0 Å². The molecule has 0 bridgehead atoms. The highest BCUT2D eigenvalue weighted by Crippen LogP contribution is 2.22. The van der Waals surface area contributed by atoms with Gasteiger partial charge in [0.1, 0.15) is 5.56 Å². The van der Waals surface area contributed by atoms with E-state index in [0.29, 0.717) is 36.0 Å². The lowest BCUT2D eigenvalue weighted by Gasteiger charge is -2.36. The minimum Gasteiger partial charge on any atom is -0.352 e. The number of nitrogens with zero attached hydrogens (tertiary/aromatic N) is 4. The Kier molecular flexibility index (Phi) is 4.20. The van der Waals surface area contributed by atoms with Crippen LogP contribution in [0.25, 0.3) is 5.65 Å². The summed E-state index contributed by atoms with van der Waals surface area (Å²) < 4.78 is 1.71. The van der Waals surface area contributed by atoms with E-state index in [1.54, 1.807) is 23.1 Å². The van der Waals surface area contributed by atoms with Gasteiger partial charge < -0.3 is 15.1 Å². The molecule has 2 fully saturated rings. The van der Waals surface area contributed by atoms with Crippen molar-refractivity contribution in [2.24, 2.45) is 11.8 Å². The van der Waals surface area contributed by atoms with Crippen LogP contribution in [0, 0.1) is 11.8 Å². The summed E-state index contributed by atoms with van der Waals surface area (Å²) in [5, 5.41) is 5.95. The molecule has 0 radical (unpaired) electrons. The van der Waals surface area contributed by atoms with Crippen molar-refractivity contribution in [1.29, 1.82) is 0 Å². The van der Waals surface area contributed by atoms with Gasteiger partial charge >= 0.3 is 0 Å². The topological polar surface area (TPSA) is 85.7 Å². The van der Waals surface area contributed by atoms with E-state index in [1.807, 2.05) is 4.90 Å². The van der Waals surface area contributed by atoms with E-state index in [1.165, 1.54) is 0 Å². The van der Waals surface area contributed by atoms with E-state index in [9.17, 15) is 9.59 Å². The molecule has 8 heteroatoms. The fraction of sp³-hybridized carbons (Fsp3) is 0.588. The number of hydrogen-bond donors (Lipinski definition) is 2. The lowest BCUT2D eigenvalue weighted by atomic mass is 9.96. The minimum atomic E-state index is -0.125. The van der Waals surface area contributed by atoms with Gasteiger partial charge in [-0.15, -0.1) is 0 Å². The highest BCUT2D eigenvalue weighted by molar-refractivity contribution is 5.99. The number of fused-ring (bicyclic) bond motifs is 1. The molecule has 4 rings (SSSR count). The molecule has 0 saturated carbocycles. The molecule has 2 aromatic heterocycles. The fourth-order valence-corrected chi connectivity index (χ4v) is 3.86. The first kappa shape index (κ1) is 16.1. The molecular formula is C17H24N6O2. The van der Waals surface area contributed by atoms with Gasteiger partial charge in [-0.1, -0.05) is 0 Å². The van der Waals surface area contributed by atoms with E-state index in [0.717, 1.165) is 32.6 Å². The predicted molar refractivity (Wildman–Crippen MR) is 92.2 cm³/mol. The average molecular weight is 344 g/mol. The van der Waals surface area contributed by atoms with Crippen LogP contribution in [0.3, 0.4) is 0 Å². The summed E-state index contributed by atoms with van der Waals surface area (Å²) in [6.07, 6.45) is 6.69. The Hall–Kier alpha value is -2.35. The maximum atomic E-state index is 12.3. The Morgan fingerprint density at radius 1 is 1.32 bits per heavy atom. The van der Waals surface area contributed by atoms with E-state index in [4.69, 9.17) is 0 Å². The van der Waals surface area contributed by atoms with Crippen molar-refractivity contribution in [3.05, 3.63) is 24.2 Å². The maximum absolute atomic E-state index is 12.3. The molecule has 2 aromatic rings. The van der Waals surface area contributed by atoms with Crippen molar-refractivity contribution < 1.29 is 9.59 Å². The van der Waals surface area contributed by atoms with Crippen LogP contribution in [0.5, 0.6) is 0 Å². The predicted octanol–water partition coefficient (Wildman–Crippen LogP) is 0.192. The summed E-state index contributed by atoms with van der Waals surface area (Å²) in [5.74, 6) is 0.977. The van der Waals surface area contributed by atoms with Gasteiger partial charge in [-0.05, 0) is 25.3 Å². The van der Waals surface area contributed by atoms with Gasteiger partial charge in [0.15, 0.2) is 5.65 Å². The third kappa shape index (κ3) is 3.26. The third-order valence-electron chi connectivity index (χ3n) is 5.27. The van der Waals surface area contributed by atoms with Gasteiger partial charge in [-0.25, -0.2) is 9.50 Å². The van der Waals surface area contributed by atoms with Gasteiger partial charge in [0.2, 0.25) is 5.91 Å². The molecule has 2 aliphatic rings. The number of rotatable bonds is 5.